The number of aromatic nitrogens is 1. The fourth-order valence-corrected chi connectivity index (χ4v) is 5.85. The Balaban J connectivity index is 1.54. The maximum Gasteiger partial charge on any atom is 0.261 e. The number of hydrogen-bond acceptors (Lipinski definition) is 3. The van der Waals surface area contributed by atoms with Crippen molar-refractivity contribution in [3.05, 3.63) is 59.8 Å². The standard InChI is InChI=1S/C28H37N3O3S/c1-19-7-10-23(11-8-19)35(33,34)29-22-9-12-26-24(17-22)25(18-30(26)6)21-13-15-31(16-14-21)27(32)20(2)28(3,4)5/h7-12,17-18,20-21,29H,13-16H2,1-6H3/t20-/m0/s1. The van der Waals surface area contributed by atoms with Gasteiger partial charge in [-0.05, 0) is 67.0 Å². The molecule has 0 spiro atoms. The molecule has 1 aromatic heterocycles. The molecular formula is C28H37N3O3S. The van der Waals surface area contributed by atoms with Gasteiger partial charge in [0.05, 0.1) is 4.90 Å². The highest BCUT2D eigenvalue weighted by Gasteiger charge is 2.33. The lowest BCUT2D eigenvalue weighted by Gasteiger charge is -2.36. The highest BCUT2D eigenvalue weighted by atomic mass is 32.2. The van der Waals surface area contributed by atoms with E-state index in [4.69, 9.17) is 0 Å². The summed E-state index contributed by atoms with van der Waals surface area (Å²) in [5.41, 5.74) is 3.80. The number of piperidine rings is 1. The molecule has 1 aliphatic rings. The minimum Gasteiger partial charge on any atom is -0.350 e. The fraction of sp³-hybridized carbons (Fsp3) is 0.464. The second-order valence-electron chi connectivity index (χ2n) is 11.0. The lowest BCUT2D eigenvalue weighted by Crippen LogP contribution is -2.43. The van der Waals surface area contributed by atoms with Crippen molar-refractivity contribution in [3.8, 4) is 0 Å². The molecule has 1 saturated heterocycles. The molecule has 6 nitrogen and oxygen atoms in total. The number of amides is 1. The van der Waals surface area contributed by atoms with Crippen LogP contribution in [0, 0.1) is 18.3 Å². The number of anilines is 1. The van der Waals surface area contributed by atoms with Gasteiger partial charge in [0.25, 0.3) is 10.0 Å². The molecule has 1 aliphatic heterocycles. The minimum absolute atomic E-state index is 0.0132. The first kappa shape index (κ1) is 25.3. The monoisotopic (exact) mass is 495 g/mol. The number of nitrogens with one attached hydrogen (secondary N) is 1. The van der Waals surface area contributed by atoms with Crippen LogP contribution in [0.25, 0.3) is 10.9 Å². The van der Waals surface area contributed by atoms with E-state index in [1.807, 2.05) is 44.0 Å². The molecule has 3 aromatic rings. The van der Waals surface area contributed by atoms with E-state index < -0.39 is 10.0 Å². The number of carbonyl (C=O) groups excluding carboxylic acids is 1. The number of nitrogens with zero attached hydrogens (tertiary/aromatic N) is 2. The molecule has 1 N–H and O–H groups in total. The molecule has 0 unspecified atom stereocenters. The quantitative estimate of drug-likeness (QED) is 0.495. The van der Waals surface area contributed by atoms with E-state index in [9.17, 15) is 13.2 Å². The van der Waals surface area contributed by atoms with E-state index in [1.54, 1.807) is 24.3 Å². The van der Waals surface area contributed by atoms with E-state index in [1.165, 1.54) is 5.56 Å². The maximum atomic E-state index is 13.0. The number of fused-ring (bicyclic) bond motifs is 1. The molecule has 4 rings (SSSR count). The molecule has 0 saturated carbocycles. The smallest absolute Gasteiger partial charge is 0.261 e. The van der Waals surface area contributed by atoms with Gasteiger partial charge in [-0.25, -0.2) is 8.42 Å². The molecule has 7 heteroatoms. The van der Waals surface area contributed by atoms with Gasteiger partial charge in [-0.2, -0.15) is 0 Å². The third-order valence-corrected chi connectivity index (χ3v) is 8.92. The van der Waals surface area contributed by atoms with Gasteiger partial charge >= 0.3 is 0 Å². The van der Waals surface area contributed by atoms with Crippen LogP contribution in [0.15, 0.2) is 53.6 Å². The van der Waals surface area contributed by atoms with Crippen LogP contribution in [0.1, 0.15) is 57.6 Å². The van der Waals surface area contributed by atoms with Gasteiger partial charge in [-0.15, -0.1) is 0 Å². The van der Waals surface area contributed by atoms with Gasteiger partial charge in [0.2, 0.25) is 5.91 Å². The number of benzene rings is 2. The molecule has 0 aliphatic carbocycles. The Kier molecular flexibility index (Phi) is 6.75. The first-order chi connectivity index (χ1) is 16.4. The van der Waals surface area contributed by atoms with Crippen LogP contribution < -0.4 is 4.72 Å². The molecule has 1 fully saturated rings. The van der Waals surface area contributed by atoms with Crippen LogP contribution in [-0.4, -0.2) is 36.9 Å². The van der Waals surface area contributed by atoms with Crippen LogP contribution in [-0.2, 0) is 21.9 Å². The molecule has 0 bridgehead atoms. The Morgan fingerprint density at radius 2 is 1.69 bits per heavy atom. The van der Waals surface area contributed by atoms with Crippen molar-refractivity contribution in [2.45, 2.75) is 58.3 Å². The summed E-state index contributed by atoms with van der Waals surface area (Å²) in [7, 11) is -1.65. The molecular weight excluding hydrogens is 458 g/mol. The Hall–Kier alpha value is -2.80. The minimum atomic E-state index is -3.67. The van der Waals surface area contributed by atoms with E-state index in [0.29, 0.717) is 11.6 Å². The Morgan fingerprint density at radius 1 is 1.06 bits per heavy atom. The van der Waals surface area contributed by atoms with Crippen LogP contribution in [0.2, 0.25) is 0 Å². The van der Waals surface area contributed by atoms with Gasteiger partial charge in [-0.1, -0.05) is 45.4 Å². The van der Waals surface area contributed by atoms with Gasteiger partial charge in [0.1, 0.15) is 0 Å². The summed E-state index contributed by atoms with van der Waals surface area (Å²) >= 11 is 0. The molecule has 0 radical (unpaired) electrons. The summed E-state index contributed by atoms with van der Waals surface area (Å²) in [5, 5.41) is 1.06. The van der Waals surface area contributed by atoms with Crippen molar-refractivity contribution in [3.63, 3.8) is 0 Å². The number of hydrogen-bond donors (Lipinski definition) is 1. The number of likely N-dealkylation sites (tertiary alicyclic amines) is 1. The normalized spacial score (nSPS) is 16.5. The van der Waals surface area contributed by atoms with Crippen molar-refractivity contribution in [2.75, 3.05) is 17.8 Å². The average Bonchev–Trinajstić information content (AvgIpc) is 3.13. The zero-order chi connectivity index (χ0) is 25.5. The predicted octanol–water partition coefficient (Wildman–Crippen LogP) is 5.68. The molecule has 2 heterocycles. The summed E-state index contributed by atoms with van der Waals surface area (Å²) in [5.74, 6) is 0.555. The number of rotatable bonds is 5. The van der Waals surface area contributed by atoms with Crippen molar-refractivity contribution in [1.82, 2.24) is 9.47 Å². The fourth-order valence-electron chi connectivity index (χ4n) is 4.80. The van der Waals surface area contributed by atoms with Crippen molar-refractivity contribution < 1.29 is 13.2 Å². The second-order valence-corrected chi connectivity index (χ2v) is 12.7. The topological polar surface area (TPSA) is 71.4 Å². The Bertz CT molecular complexity index is 1330. The highest BCUT2D eigenvalue weighted by molar-refractivity contribution is 7.92. The largest absolute Gasteiger partial charge is 0.350 e. The molecule has 1 amide bonds. The van der Waals surface area contributed by atoms with Crippen LogP contribution >= 0.6 is 0 Å². The van der Waals surface area contributed by atoms with Gasteiger partial charge < -0.3 is 9.47 Å². The number of carbonyl (C=O) groups is 1. The lowest BCUT2D eigenvalue weighted by molar-refractivity contribution is -0.139. The first-order valence-electron chi connectivity index (χ1n) is 12.3. The second kappa shape index (κ2) is 9.34. The van der Waals surface area contributed by atoms with Crippen LogP contribution in [0.5, 0.6) is 0 Å². The third kappa shape index (κ3) is 5.25. The van der Waals surface area contributed by atoms with Gasteiger partial charge in [-0.3, -0.25) is 9.52 Å². The number of sulfonamides is 1. The van der Waals surface area contributed by atoms with E-state index in [0.717, 1.165) is 42.4 Å². The van der Waals surface area contributed by atoms with Crippen LogP contribution in [0.4, 0.5) is 5.69 Å². The average molecular weight is 496 g/mol. The van der Waals surface area contributed by atoms with E-state index >= 15 is 0 Å². The van der Waals surface area contributed by atoms with Crippen molar-refractivity contribution in [2.24, 2.45) is 18.4 Å². The lowest BCUT2D eigenvalue weighted by atomic mass is 9.80. The zero-order valence-electron chi connectivity index (χ0n) is 21.6. The summed E-state index contributed by atoms with van der Waals surface area (Å²) in [6.07, 6.45) is 3.96. The van der Waals surface area contributed by atoms with E-state index in [2.05, 4.69) is 36.3 Å². The summed E-state index contributed by atoms with van der Waals surface area (Å²) in [6, 6.07) is 12.6. The van der Waals surface area contributed by atoms with Crippen LogP contribution in [0.3, 0.4) is 0 Å². The van der Waals surface area contributed by atoms with Gasteiger partial charge in [0, 0.05) is 48.8 Å². The summed E-state index contributed by atoms with van der Waals surface area (Å²) in [4.78, 5) is 15.2. The number of aryl methyl sites for hydroxylation is 2. The maximum absolute atomic E-state index is 13.0. The van der Waals surface area contributed by atoms with Gasteiger partial charge in [0.15, 0.2) is 0 Å². The summed E-state index contributed by atoms with van der Waals surface area (Å²) in [6.45, 7) is 11.8. The SMILES string of the molecule is Cc1ccc(S(=O)(=O)Nc2ccc3c(c2)c(C2CCN(C(=O)[C@H](C)C(C)(C)C)CC2)cn3C)cc1. The summed E-state index contributed by atoms with van der Waals surface area (Å²) < 4.78 is 30.7. The Labute approximate surface area is 209 Å². The van der Waals surface area contributed by atoms with Crippen molar-refractivity contribution in [1.29, 1.82) is 0 Å². The molecule has 1 atom stereocenters. The predicted molar refractivity (Wildman–Crippen MR) is 142 cm³/mol. The van der Waals surface area contributed by atoms with Crippen molar-refractivity contribution >= 4 is 32.5 Å². The molecule has 2 aromatic carbocycles. The zero-order valence-corrected chi connectivity index (χ0v) is 22.4. The highest BCUT2D eigenvalue weighted by Crippen LogP contribution is 2.37. The third-order valence-electron chi connectivity index (χ3n) is 7.52. The Morgan fingerprint density at radius 3 is 2.29 bits per heavy atom. The van der Waals surface area contributed by atoms with E-state index in [-0.39, 0.29) is 22.1 Å². The molecule has 35 heavy (non-hydrogen) atoms. The molecule has 188 valence electrons. The first-order valence-corrected chi connectivity index (χ1v) is 13.8.